The minimum atomic E-state index is -5.55. The van der Waals surface area contributed by atoms with Crippen molar-refractivity contribution in [1.82, 2.24) is 0 Å². The predicted octanol–water partition coefficient (Wildman–Crippen LogP) is 2.16. The van der Waals surface area contributed by atoms with E-state index in [1.807, 2.05) is 0 Å². The molecule has 0 saturated heterocycles. The van der Waals surface area contributed by atoms with Gasteiger partial charge in [-0.25, -0.2) is 0 Å². The van der Waals surface area contributed by atoms with E-state index in [1.54, 1.807) is 0 Å². The molecule has 0 aromatic heterocycles. The summed E-state index contributed by atoms with van der Waals surface area (Å²) in [4.78, 5) is 9.48. The van der Waals surface area contributed by atoms with Gasteiger partial charge in [0, 0.05) is 12.8 Å². The van der Waals surface area contributed by atoms with E-state index in [1.165, 1.54) is 0 Å². The molecule has 0 N–H and O–H groups in total. The largest absolute Gasteiger partial charge is 0.453 e. The van der Waals surface area contributed by atoms with Crippen LogP contribution in [-0.4, -0.2) is 18.4 Å². The number of carbonyl (C=O) groups excluding carboxylic acids is 1. The van der Waals surface area contributed by atoms with Gasteiger partial charge in [0.05, 0.1) is 0 Å². The molecule has 0 aromatic carbocycles. The summed E-state index contributed by atoms with van der Waals surface area (Å²) in [6.45, 7) is 0. The minimum Gasteiger partial charge on any atom is -0.303 e. The molecule has 0 spiro atoms. The van der Waals surface area contributed by atoms with Crippen LogP contribution in [0.2, 0.25) is 0 Å². The van der Waals surface area contributed by atoms with E-state index in [2.05, 4.69) is 0 Å². The highest BCUT2D eigenvalue weighted by Crippen LogP contribution is 2.38. The fourth-order valence-corrected chi connectivity index (χ4v) is 0.382. The fourth-order valence-electron chi connectivity index (χ4n) is 0.382. The first-order valence-electron chi connectivity index (χ1n) is 2.69. The third-order valence-corrected chi connectivity index (χ3v) is 0.991. The summed E-state index contributed by atoms with van der Waals surface area (Å²) in [6.07, 6.45) is -7.78. The van der Waals surface area contributed by atoms with Gasteiger partial charge in [0.1, 0.15) is 6.29 Å². The third kappa shape index (κ3) is 2.81. The van der Waals surface area contributed by atoms with Gasteiger partial charge in [-0.1, -0.05) is 0 Å². The van der Waals surface area contributed by atoms with E-state index in [0.717, 1.165) is 0 Å². The summed E-state index contributed by atoms with van der Waals surface area (Å²) in [7, 11) is 0. The molecule has 0 aliphatic heterocycles. The van der Waals surface area contributed by atoms with E-state index in [0.29, 0.717) is 0 Å². The molecular formula is C5H5F5O. The Kier molecular flexibility index (Phi) is 2.95. The van der Waals surface area contributed by atoms with Crippen molar-refractivity contribution < 1.29 is 26.7 Å². The van der Waals surface area contributed by atoms with Gasteiger partial charge in [-0.3, -0.25) is 0 Å². The van der Waals surface area contributed by atoms with Crippen molar-refractivity contribution in [2.75, 3.05) is 0 Å². The van der Waals surface area contributed by atoms with E-state index >= 15 is 0 Å². The van der Waals surface area contributed by atoms with E-state index in [9.17, 15) is 26.7 Å². The molecule has 11 heavy (non-hydrogen) atoms. The molecule has 0 heterocycles. The Bertz CT molecular complexity index is 138. The number of hydrogen-bond acceptors (Lipinski definition) is 1. The van der Waals surface area contributed by atoms with Crippen molar-refractivity contribution in [3.8, 4) is 0 Å². The monoisotopic (exact) mass is 176 g/mol. The van der Waals surface area contributed by atoms with Crippen molar-refractivity contribution in [2.45, 2.75) is 24.9 Å². The SMILES string of the molecule is O=CCCC(F)(F)C(F)(F)F. The van der Waals surface area contributed by atoms with Crippen LogP contribution >= 0.6 is 0 Å². The molecule has 66 valence electrons. The third-order valence-electron chi connectivity index (χ3n) is 0.991. The highest BCUT2D eigenvalue weighted by molar-refractivity contribution is 5.49. The molecule has 0 atom stereocenters. The van der Waals surface area contributed by atoms with Gasteiger partial charge < -0.3 is 4.79 Å². The van der Waals surface area contributed by atoms with E-state index in [4.69, 9.17) is 0 Å². The second-order valence-corrected chi connectivity index (χ2v) is 1.91. The zero-order valence-electron chi connectivity index (χ0n) is 5.29. The van der Waals surface area contributed by atoms with Gasteiger partial charge in [-0.2, -0.15) is 22.0 Å². The second-order valence-electron chi connectivity index (χ2n) is 1.91. The topological polar surface area (TPSA) is 17.1 Å². The lowest BCUT2D eigenvalue weighted by Gasteiger charge is -2.17. The molecule has 0 fully saturated rings. The first-order valence-corrected chi connectivity index (χ1v) is 2.69. The minimum absolute atomic E-state index is 0.0274. The molecule has 0 rings (SSSR count). The summed E-state index contributed by atoms with van der Waals surface area (Å²) in [5.41, 5.74) is 0. The average molecular weight is 176 g/mol. The van der Waals surface area contributed by atoms with Crippen molar-refractivity contribution in [3.63, 3.8) is 0 Å². The van der Waals surface area contributed by atoms with Crippen LogP contribution in [-0.2, 0) is 4.79 Å². The maximum atomic E-state index is 11.8. The van der Waals surface area contributed by atoms with Crippen LogP contribution in [0.25, 0.3) is 0 Å². The standard InChI is InChI=1S/C5H5F5O/c6-4(7,2-1-3-11)5(8,9)10/h3H,1-2H2. The van der Waals surface area contributed by atoms with Crippen molar-refractivity contribution in [2.24, 2.45) is 0 Å². The van der Waals surface area contributed by atoms with Gasteiger partial charge in [0.15, 0.2) is 0 Å². The van der Waals surface area contributed by atoms with Gasteiger partial charge in [-0.15, -0.1) is 0 Å². The lowest BCUT2D eigenvalue weighted by Crippen LogP contribution is -2.36. The molecule has 0 saturated carbocycles. The van der Waals surface area contributed by atoms with Gasteiger partial charge in [0.2, 0.25) is 0 Å². The number of carbonyl (C=O) groups is 1. The number of aldehydes is 1. The van der Waals surface area contributed by atoms with Crippen LogP contribution in [0.1, 0.15) is 12.8 Å². The Hall–Kier alpha value is -0.680. The van der Waals surface area contributed by atoms with Gasteiger partial charge >= 0.3 is 12.1 Å². The molecule has 0 bridgehead atoms. The zero-order valence-corrected chi connectivity index (χ0v) is 5.29. The summed E-state index contributed by atoms with van der Waals surface area (Å²) in [5.74, 6) is -4.74. The van der Waals surface area contributed by atoms with Crippen LogP contribution in [0.15, 0.2) is 0 Å². The first-order chi connectivity index (χ1) is 4.81. The molecule has 0 aliphatic carbocycles. The molecular weight excluding hydrogens is 171 g/mol. The highest BCUT2D eigenvalue weighted by Gasteiger charge is 2.56. The van der Waals surface area contributed by atoms with Crippen LogP contribution < -0.4 is 0 Å². The molecule has 0 amide bonds. The lowest BCUT2D eigenvalue weighted by molar-refractivity contribution is -0.283. The van der Waals surface area contributed by atoms with Gasteiger partial charge in [-0.05, 0) is 0 Å². The molecule has 6 heteroatoms. The zero-order chi connectivity index (χ0) is 9.12. The smallest absolute Gasteiger partial charge is 0.303 e. The van der Waals surface area contributed by atoms with E-state index in [-0.39, 0.29) is 6.29 Å². The van der Waals surface area contributed by atoms with E-state index < -0.39 is 24.9 Å². The van der Waals surface area contributed by atoms with Crippen LogP contribution in [0.4, 0.5) is 22.0 Å². The number of halogens is 5. The number of rotatable bonds is 3. The van der Waals surface area contributed by atoms with Gasteiger partial charge in [0.25, 0.3) is 0 Å². The van der Waals surface area contributed by atoms with Crippen LogP contribution in [0.5, 0.6) is 0 Å². The second kappa shape index (κ2) is 3.15. The maximum absolute atomic E-state index is 11.8. The van der Waals surface area contributed by atoms with Crippen molar-refractivity contribution >= 4 is 6.29 Å². The Balaban J connectivity index is 4.10. The summed E-state index contributed by atoms with van der Waals surface area (Å²) >= 11 is 0. The first kappa shape index (κ1) is 10.3. The fraction of sp³-hybridized carbons (Fsp3) is 0.800. The normalized spacial score (nSPS) is 13.2. The summed E-state index contributed by atoms with van der Waals surface area (Å²) < 4.78 is 57.5. The van der Waals surface area contributed by atoms with Crippen LogP contribution in [0.3, 0.4) is 0 Å². The Morgan fingerprint density at radius 3 is 1.82 bits per heavy atom. The summed E-state index contributed by atoms with van der Waals surface area (Å²) in [6, 6.07) is 0. The average Bonchev–Trinajstić information content (AvgIpc) is 1.81. The predicted molar refractivity (Wildman–Crippen MR) is 26.3 cm³/mol. The van der Waals surface area contributed by atoms with Crippen LogP contribution in [0, 0.1) is 0 Å². The number of hydrogen-bond donors (Lipinski definition) is 0. The number of alkyl halides is 5. The maximum Gasteiger partial charge on any atom is 0.453 e. The quantitative estimate of drug-likeness (QED) is 0.475. The highest BCUT2D eigenvalue weighted by atomic mass is 19.4. The van der Waals surface area contributed by atoms with Crippen molar-refractivity contribution in [1.29, 1.82) is 0 Å². The molecule has 0 radical (unpaired) electrons. The Morgan fingerprint density at radius 1 is 1.09 bits per heavy atom. The molecule has 0 aromatic rings. The molecule has 0 unspecified atom stereocenters. The Labute approximate surface area is 59.2 Å². The Morgan fingerprint density at radius 2 is 1.55 bits per heavy atom. The van der Waals surface area contributed by atoms with Crippen molar-refractivity contribution in [3.05, 3.63) is 0 Å². The summed E-state index contributed by atoms with van der Waals surface area (Å²) in [5, 5.41) is 0. The lowest BCUT2D eigenvalue weighted by atomic mass is 10.2. The molecule has 0 aliphatic rings. The molecule has 1 nitrogen and oxygen atoms in total.